The minimum atomic E-state index is -1.75. The molecule has 5 rings (SSSR count). The van der Waals surface area contributed by atoms with Gasteiger partial charge in [0.05, 0.1) is 29.5 Å². The Hall–Kier alpha value is -6.83. The molecule has 0 heterocycles. The molecule has 2 bridgehead atoms. The van der Waals surface area contributed by atoms with E-state index in [0.29, 0.717) is 36.1 Å². The molecule has 0 aliphatic heterocycles. The lowest BCUT2D eigenvalue weighted by Gasteiger charge is -2.61. The van der Waals surface area contributed by atoms with Crippen LogP contribution in [-0.2, 0) is 27.6 Å². The Morgan fingerprint density at radius 3 is 1.68 bits per heavy atom. The number of aliphatic hydroxyl groups is 1. The molecular weight excluding hydrogens is 869 g/mol. The van der Waals surface area contributed by atoms with E-state index in [0.717, 1.165) is 22.3 Å². The average molecular weight is 933 g/mol. The van der Waals surface area contributed by atoms with Gasteiger partial charge >= 0.3 is 0 Å². The van der Waals surface area contributed by atoms with Gasteiger partial charge in [-0.25, -0.2) is 0 Å². The Labute approximate surface area is 398 Å². The van der Waals surface area contributed by atoms with Gasteiger partial charge in [0.15, 0.2) is 28.8 Å². The summed E-state index contributed by atoms with van der Waals surface area (Å²) in [5.41, 5.74) is -0.718. The highest BCUT2D eigenvalue weighted by atomic mass is 16.6. The van der Waals surface area contributed by atoms with Crippen molar-refractivity contribution in [3.05, 3.63) is 144 Å². The summed E-state index contributed by atoms with van der Waals surface area (Å²) in [7, 11) is 2.81. The number of benzene rings is 3. The first-order chi connectivity index (χ1) is 32.1. The first-order valence-corrected chi connectivity index (χ1v) is 22.7. The Kier molecular flexibility index (Phi) is 16.4. The number of fused-ring (bicyclic) bond motifs is 2. The van der Waals surface area contributed by atoms with E-state index in [9.17, 15) is 25.3 Å². The maximum absolute atomic E-state index is 15.9. The Morgan fingerprint density at radius 1 is 0.676 bits per heavy atom. The van der Waals surface area contributed by atoms with Crippen LogP contribution in [0.25, 0.3) is 5.76 Å². The number of aliphatic hydroxyl groups excluding tert-OH is 1. The van der Waals surface area contributed by atoms with Gasteiger partial charge in [0.25, 0.3) is 11.4 Å². The second-order valence-corrected chi connectivity index (χ2v) is 19.1. The summed E-state index contributed by atoms with van der Waals surface area (Å²) in [6.45, 7) is 17.0. The molecule has 0 aromatic heterocycles. The van der Waals surface area contributed by atoms with Crippen LogP contribution in [0.1, 0.15) is 118 Å². The van der Waals surface area contributed by atoms with Gasteiger partial charge in [-0.1, -0.05) is 53.5 Å². The lowest BCUT2D eigenvalue weighted by atomic mass is 9.37. The summed E-state index contributed by atoms with van der Waals surface area (Å²) in [6, 6.07) is 12.4. The van der Waals surface area contributed by atoms with Crippen LogP contribution in [-0.4, -0.2) is 46.5 Å². The van der Waals surface area contributed by atoms with Crippen molar-refractivity contribution in [1.82, 2.24) is 0 Å². The predicted molar refractivity (Wildman–Crippen MR) is 261 cm³/mol. The molecule has 0 saturated heterocycles. The molecule has 2 aliphatic carbocycles. The lowest BCUT2D eigenvalue weighted by molar-refractivity contribution is -0.385. The first kappa shape index (κ1) is 52.1. The van der Waals surface area contributed by atoms with E-state index in [1.165, 1.54) is 68.8 Å². The number of nitrogens with zero attached hydrogens (tertiary/aromatic N) is 2. The summed E-state index contributed by atoms with van der Waals surface area (Å²) in [4.78, 5) is 69.4. The van der Waals surface area contributed by atoms with E-state index in [1.807, 2.05) is 74.5 Å². The number of nitro benzene ring substituents is 2. The van der Waals surface area contributed by atoms with Gasteiger partial charge in [-0.2, -0.15) is 0 Å². The van der Waals surface area contributed by atoms with Gasteiger partial charge in [-0.15, -0.1) is 0 Å². The standard InChI is InChI=1S/C54H64N2O12/c1-33(2)13-12-24-52(9)40(16-14-34(3)4)30-53(25-22-35(5)6)49(58)47(50(59)54(52,51(53)60)26-23-36(7)8)48(57)37-15-19-45(67-31-38-27-41(55(61)62)17-20-43(38)65-10)46(29-37)68-32-39-28-42(56(63)64)18-21-44(39)66-11/h13-15,17-23,27-29,40,57H,12,16,24-26,30-32H2,1-11H3/b48-47+/t40-,52+,53-,54+/m0/s1. The van der Waals surface area contributed by atoms with E-state index in [2.05, 4.69) is 12.2 Å². The number of hydrogen-bond acceptors (Lipinski definition) is 12. The minimum absolute atomic E-state index is 0.00234. The molecule has 2 saturated carbocycles. The number of allylic oxidation sites excluding steroid dienone is 9. The normalized spacial score (nSPS) is 21.5. The largest absolute Gasteiger partial charge is 0.506 e. The highest BCUT2D eigenvalue weighted by Crippen LogP contribution is 2.67. The summed E-state index contributed by atoms with van der Waals surface area (Å²) in [5, 5.41) is 36.0. The number of methoxy groups -OCH3 is 2. The summed E-state index contributed by atoms with van der Waals surface area (Å²) < 4.78 is 23.4. The molecular formula is C54H64N2O12. The van der Waals surface area contributed by atoms with E-state index in [1.54, 1.807) is 0 Å². The van der Waals surface area contributed by atoms with Gasteiger partial charge in [0, 0.05) is 41.0 Å². The lowest BCUT2D eigenvalue weighted by Crippen LogP contribution is -2.70. The minimum Gasteiger partial charge on any atom is -0.506 e. The van der Waals surface area contributed by atoms with Crippen molar-refractivity contribution in [3.8, 4) is 23.0 Å². The van der Waals surface area contributed by atoms with E-state index < -0.39 is 54.8 Å². The number of rotatable bonds is 20. The average Bonchev–Trinajstić information content (AvgIpc) is 3.28. The second-order valence-electron chi connectivity index (χ2n) is 19.1. The molecule has 3 aromatic rings. The quantitative estimate of drug-likeness (QED) is 0.0214. The molecule has 2 fully saturated rings. The molecule has 14 nitrogen and oxygen atoms in total. The number of nitro groups is 2. The molecule has 0 amide bonds. The Morgan fingerprint density at radius 2 is 1.18 bits per heavy atom. The number of non-ortho nitro benzene ring substituents is 2. The van der Waals surface area contributed by atoms with Crippen LogP contribution in [0.15, 0.2) is 107 Å². The van der Waals surface area contributed by atoms with Crippen molar-refractivity contribution in [3.63, 3.8) is 0 Å². The van der Waals surface area contributed by atoms with Crippen LogP contribution in [0, 0.1) is 42.4 Å². The van der Waals surface area contributed by atoms with E-state index in [4.69, 9.17) is 18.9 Å². The third kappa shape index (κ3) is 10.5. The van der Waals surface area contributed by atoms with Crippen molar-refractivity contribution in [2.45, 2.75) is 114 Å². The zero-order valence-electron chi connectivity index (χ0n) is 41.1. The molecule has 0 spiro atoms. The number of ether oxygens (including phenoxy) is 4. The number of carbonyl (C=O) groups excluding carboxylic acids is 3. The molecule has 362 valence electrons. The monoisotopic (exact) mass is 932 g/mol. The van der Waals surface area contributed by atoms with Gasteiger partial charge in [0.2, 0.25) is 0 Å². The Balaban J connectivity index is 1.78. The van der Waals surface area contributed by atoms with Crippen LogP contribution in [0.3, 0.4) is 0 Å². The van der Waals surface area contributed by atoms with E-state index in [-0.39, 0.29) is 72.6 Å². The smallest absolute Gasteiger partial charge is 0.270 e. The summed E-state index contributed by atoms with van der Waals surface area (Å²) in [5.74, 6) is -2.16. The summed E-state index contributed by atoms with van der Waals surface area (Å²) in [6.07, 6.45) is 9.80. The summed E-state index contributed by atoms with van der Waals surface area (Å²) >= 11 is 0. The molecule has 1 N–H and O–H groups in total. The second kappa shape index (κ2) is 21.4. The van der Waals surface area contributed by atoms with Crippen LogP contribution >= 0.6 is 0 Å². The van der Waals surface area contributed by atoms with Crippen LogP contribution < -0.4 is 18.9 Å². The maximum atomic E-state index is 15.9. The topological polar surface area (TPSA) is 195 Å². The van der Waals surface area contributed by atoms with E-state index >= 15 is 14.4 Å². The molecule has 14 heteroatoms. The van der Waals surface area contributed by atoms with Gasteiger partial charge < -0.3 is 24.1 Å². The molecule has 3 aromatic carbocycles. The fourth-order valence-electron chi connectivity index (χ4n) is 9.63. The van der Waals surface area contributed by atoms with Crippen molar-refractivity contribution < 1.29 is 48.3 Å². The zero-order chi connectivity index (χ0) is 50.3. The fraction of sp³-hybridized carbons (Fsp3) is 0.426. The van der Waals surface area contributed by atoms with Crippen LogP contribution in [0.5, 0.6) is 23.0 Å². The van der Waals surface area contributed by atoms with Gasteiger partial charge in [-0.05, 0) is 136 Å². The third-order valence-corrected chi connectivity index (χ3v) is 13.4. The van der Waals surface area contributed by atoms with Crippen molar-refractivity contribution in [2.24, 2.45) is 22.2 Å². The van der Waals surface area contributed by atoms with Gasteiger partial charge in [-0.3, -0.25) is 34.6 Å². The van der Waals surface area contributed by atoms with Crippen LogP contribution in [0.4, 0.5) is 11.4 Å². The SMILES string of the molecule is COc1ccc([N+](=O)[O-])cc1COc1ccc(/C(O)=C2/C(=O)[C@]3(CC=C(C)C)C[C@H](CC=C(C)C)[C@@](C)(CCC=C(C)C)[C@](CC=C(C)C)(C2=O)C3=O)cc1OCc1cc([N+](=O)[O-])ccc1OC. The van der Waals surface area contributed by atoms with Crippen molar-refractivity contribution in [1.29, 1.82) is 0 Å². The molecule has 0 unspecified atom stereocenters. The van der Waals surface area contributed by atoms with Crippen LogP contribution in [0.2, 0.25) is 0 Å². The maximum Gasteiger partial charge on any atom is 0.270 e. The zero-order valence-corrected chi connectivity index (χ0v) is 41.1. The number of carbonyl (C=O) groups is 3. The molecule has 4 atom stereocenters. The third-order valence-electron chi connectivity index (χ3n) is 13.4. The predicted octanol–water partition coefficient (Wildman–Crippen LogP) is 12.5. The first-order valence-electron chi connectivity index (χ1n) is 22.7. The fourth-order valence-corrected chi connectivity index (χ4v) is 9.63. The number of ketones is 3. The highest BCUT2D eigenvalue weighted by molar-refractivity contribution is 6.41. The highest BCUT2D eigenvalue weighted by Gasteiger charge is 2.74. The molecule has 0 radical (unpaired) electrons. The van der Waals surface area contributed by atoms with Crippen molar-refractivity contribution >= 4 is 34.5 Å². The van der Waals surface area contributed by atoms with Crippen molar-refractivity contribution in [2.75, 3.05) is 14.2 Å². The molecule has 68 heavy (non-hydrogen) atoms. The number of Topliss-reactive ketones (excluding diaryl/α,β-unsaturated/α-hetero) is 3. The number of hydrogen-bond donors (Lipinski definition) is 1. The van der Waals surface area contributed by atoms with Gasteiger partial charge in [0.1, 0.15) is 41.5 Å². The Bertz CT molecular complexity index is 2640. The molecule has 2 aliphatic rings.